The Bertz CT molecular complexity index is 1010. The molecule has 3 aromatic rings. The maximum atomic E-state index is 13.9. The highest BCUT2D eigenvalue weighted by Crippen LogP contribution is 2.27. The van der Waals surface area contributed by atoms with Crippen LogP contribution in [-0.2, 0) is 4.74 Å². The molecule has 1 fully saturated rings. The van der Waals surface area contributed by atoms with Crippen LogP contribution in [0.15, 0.2) is 66.9 Å². The Kier molecular flexibility index (Phi) is 5.67. The molecular weight excluding hydrogens is 371 g/mol. The van der Waals surface area contributed by atoms with Gasteiger partial charge in [-0.15, -0.1) is 0 Å². The average molecular weight is 392 g/mol. The highest BCUT2D eigenvalue weighted by Gasteiger charge is 2.17. The summed E-state index contributed by atoms with van der Waals surface area (Å²) in [6.07, 6.45) is 1.52. The summed E-state index contributed by atoms with van der Waals surface area (Å²) in [5.74, 6) is -0.697. The molecule has 0 spiro atoms. The van der Waals surface area contributed by atoms with Gasteiger partial charge in [0.2, 0.25) is 0 Å². The molecule has 2 heterocycles. The molecule has 29 heavy (non-hydrogen) atoms. The van der Waals surface area contributed by atoms with Crippen LogP contribution in [-0.4, -0.2) is 37.2 Å². The molecule has 1 aliphatic heterocycles. The number of nitrogens with one attached hydrogen (secondary N) is 2. The third-order valence-electron chi connectivity index (χ3n) is 4.65. The van der Waals surface area contributed by atoms with E-state index in [9.17, 15) is 9.18 Å². The summed E-state index contributed by atoms with van der Waals surface area (Å²) >= 11 is 0. The molecule has 0 atom stereocenters. The quantitative estimate of drug-likeness (QED) is 0.686. The molecule has 1 aromatic heterocycles. The molecule has 0 bridgehead atoms. The number of pyridine rings is 1. The Hall–Kier alpha value is -3.45. The summed E-state index contributed by atoms with van der Waals surface area (Å²) in [7, 11) is 0. The van der Waals surface area contributed by atoms with Crippen molar-refractivity contribution in [2.75, 3.05) is 41.8 Å². The maximum Gasteiger partial charge on any atom is 0.274 e. The van der Waals surface area contributed by atoms with E-state index in [1.807, 2.05) is 24.3 Å². The highest BCUT2D eigenvalue weighted by molar-refractivity contribution is 6.05. The predicted molar refractivity (Wildman–Crippen MR) is 111 cm³/mol. The van der Waals surface area contributed by atoms with Crippen molar-refractivity contribution >= 4 is 28.7 Å². The molecule has 2 N–H and O–H groups in total. The van der Waals surface area contributed by atoms with Crippen LogP contribution < -0.4 is 15.5 Å². The number of morpholine rings is 1. The van der Waals surface area contributed by atoms with E-state index in [4.69, 9.17) is 4.74 Å². The van der Waals surface area contributed by atoms with E-state index in [0.717, 1.165) is 18.8 Å². The first-order chi connectivity index (χ1) is 14.2. The van der Waals surface area contributed by atoms with Crippen LogP contribution in [0, 0.1) is 5.82 Å². The van der Waals surface area contributed by atoms with Crippen molar-refractivity contribution in [3.05, 3.63) is 78.4 Å². The molecule has 0 radical (unpaired) electrons. The van der Waals surface area contributed by atoms with Gasteiger partial charge in [-0.1, -0.05) is 24.3 Å². The second-order valence-corrected chi connectivity index (χ2v) is 6.61. The lowest BCUT2D eigenvalue weighted by Crippen LogP contribution is -2.36. The van der Waals surface area contributed by atoms with Crippen LogP contribution >= 0.6 is 0 Å². The monoisotopic (exact) mass is 392 g/mol. The van der Waals surface area contributed by atoms with Crippen molar-refractivity contribution in [3.8, 4) is 0 Å². The Morgan fingerprint density at radius 2 is 1.72 bits per heavy atom. The molecule has 1 aliphatic rings. The fourth-order valence-corrected chi connectivity index (χ4v) is 3.20. The third-order valence-corrected chi connectivity index (χ3v) is 4.65. The second kappa shape index (κ2) is 8.70. The number of carbonyl (C=O) groups is 1. The van der Waals surface area contributed by atoms with Crippen LogP contribution in [0.2, 0.25) is 0 Å². The van der Waals surface area contributed by atoms with E-state index < -0.39 is 0 Å². The second-order valence-electron chi connectivity index (χ2n) is 6.61. The Morgan fingerprint density at radius 3 is 2.52 bits per heavy atom. The zero-order chi connectivity index (χ0) is 20.1. The molecule has 1 saturated heterocycles. The molecule has 6 nitrogen and oxygen atoms in total. The molecule has 4 rings (SSSR count). The number of hydrogen-bond donors (Lipinski definition) is 2. The van der Waals surface area contributed by atoms with Gasteiger partial charge >= 0.3 is 0 Å². The van der Waals surface area contributed by atoms with E-state index in [2.05, 4.69) is 20.5 Å². The molecule has 148 valence electrons. The summed E-state index contributed by atoms with van der Waals surface area (Å²) in [4.78, 5) is 19.1. The predicted octanol–water partition coefficient (Wildman–Crippen LogP) is 4.05. The lowest BCUT2D eigenvalue weighted by molar-refractivity contribution is 0.102. The maximum absolute atomic E-state index is 13.9. The molecule has 0 aliphatic carbocycles. The van der Waals surface area contributed by atoms with Gasteiger partial charge < -0.3 is 20.3 Å². The van der Waals surface area contributed by atoms with E-state index in [1.54, 1.807) is 30.3 Å². The zero-order valence-electron chi connectivity index (χ0n) is 15.8. The molecule has 2 aromatic carbocycles. The standard InChI is InChI=1S/C22H21FN4O2/c23-17-5-1-2-6-18(17)25-16-9-10-24-20(15-16)22(28)26-19-7-3-4-8-21(19)27-11-13-29-14-12-27/h1-10,15H,11-14H2,(H,24,25)(H,26,28). The van der Waals surface area contributed by atoms with E-state index >= 15 is 0 Å². The summed E-state index contributed by atoms with van der Waals surface area (Å²) in [5, 5.41) is 5.92. The van der Waals surface area contributed by atoms with Crippen LogP contribution in [0.3, 0.4) is 0 Å². The van der Waals surface area contributed by atoms with Crippen molar-refractivity contribution in [1.82, 2.24) is 4.98 Å². The van der Waals surface area contributed by atoms with Gasteiger partial charge in [-0.2, -0.15) is 0 Å². The zero-order valence-corrected chi connectivity index (χ0v) is 15.8. The van der Waals surface area contributed by atoms with Crippen LogP contribution in [0.5, 0.6) is 0 Å². The minimum absolute atomic E-state index is 0.239. The van der Waals surface area contributed by atoms with Crippen molar-refractivity contribution in [2.24, 2.45) is 0 Å². The number of rotatable bonds is 5. The smallest absolute Gasteiger partial charge is 0.274 e. The Morgan fingerprint density at radius 1 is 1.00 bits per heavy atom. The molecule has 0 saturated carbocycles. The van der Waals surface area contributed by atoms with E-state index in [-0.39, 0.29) is 17.4 Å². The molecule has 1 amide bonds. The number of para-hydroxylation sites is 3. The summed E-state index contributed by atoms with van der Waals surface area (Å²) in [6, 6.07) is 17.3. The van der Waals surface area contributed by atoms with Gasteiger partial charge in [0.05, 0.1) is 30.3 Å². The van der Waals surface area contributed by atoms with Crippen molar-refractivity contribution in [1.29, 1.82) is 0 Å². The number of carbonyl (C=O) groups excluding carboxylic acids is 1. The van der Waals surface area contributed by atoms with Gasteiger partial charge in [0, 0.05) is 25.0 Å². The number of benzene rings is 2. The first kappa shape index (κ1) is 18.9. The minimum Gasteiger partial charge on any atom is -0.378 e. The number of hydrogen-bond acceptors (Lipinski definition) is 5. The number of amides is 1. The number of aromatic nitrogens is 1. The lowest BCUT2D eigenvalue weighted by Gasteiger charge is -2.30. The van der Waals surface area contributed by atoms with Gasteiger partial charge in [0.25, 0.3) is 5.91 Å². The van der Waals surface area contributed by atoms with Gasteiger partial charge in [-0.05, 0) is 36.4 Å². The van der Waals surface area contributed by atoms with Crippen LogP contribution in [0.25, 0.3) is 0 Å². The van der Waals surface area contributed by atoms with Gasteiger partial charge in [0.15, 0.2) is 0 Å². The Balaban J connectivity index is 1.52. The van der Waals surface area contributed by atoms with Crippen LogP contribution in [0.4, 0.5) is 27.1 Å². The number of anilines is 4. The van der Waals surface area contributed by atoms with E-state index in [0.29, 0.717) is 30.3 Å². The molecule has 0 unspecified atom stereocenters. The van der Waals surface area contributed by atoms with Gasteiger partial charge in [-0.25, -0.2) is 4.39 Å². The minimum atomic E-state index is -0.366. The normalized spacial score (nSPS) is 13.8. The first-order valence-corrected chi connectivity index (χ1v) is 9.41. The average Bonchev–Trinajstić information content (AvgIpc) is 2.76. The lowest BCUT2D eigenvalue weighted by atomic mass is 10.2. The highest BCUT2D eigenvalue weighted by atomic mass is 19.1. The Labute approximate surface area is 168 Å². The van der Waals surface area contributed by atoms with Gasteiger partial charge in [0.1, 0.15) is 11.5 Å². The topological polar surface area (TPSA) is 66.5 Å². The number of nitrogens with zero attached hydrogens (tertiary/aromatic N) is 2. The number of ether oxygens (including phenoxy) is 1. The van der Waals surface area contributed by atoms with Gasteiger partial charge in [-0.3, -0.25) is 9.78 Å². The van der Waals surface area contributed by atoms with Crippen molar-refractivity contribution in [3.63, 3.8) is 0 Å². The van der Waals surface area contributed by atoms with Crippen molar-refractivity contribution < 1.29 is 13.9 Å². The number of halogens is 1. The SMILES string of the molecule is O=C(Nc1ccccc1N1CCOCC1)c1cc(Nc2ccccc2F)ccn1. The largest absolute Gasteiger partial charge is 0.378 e. The summed E-state index contributed by atoms with van der Waals surface area (Å²) < 4.78 is 19.3. The van der Waals surface area contributed by atoms with Crippen molar-refractivity contribution in [2.45, 2.75) is 0 Å². The third kappa shape index (κ3) is 4.52. The van der Waals surface area contributed by atoms with E-state index in [1.165, 1.54) is 12.3 Å². The molecular formula is C22H21FN4O2. The fraction of sp³-hybridized carbons (Fsp3) is 0.182. The fourth-order valence-electron chi connectivity index (χ4n) is 3.20. The summed E-state index contributed by atoms with van der Waals surface area (Å²) in [6.45, 7) is 2.86. The summed E-state index contributed by atoms with van der Waals surface area (Å²) in [5.41, 5.74) is 2.82. The first-order valence-electron chi connectivity index (χ1n) is 9.41. The van der Waals surface area contributed by atoms with Crippen LogP contribution in [0.1, 0.15) is 10.5 Å². The molecule has 7 heteroatoms.